The first-order chi connectivity index (χ1) is 3.42. The molecule has 0 spiro atoms. The van der Waals surface area contributed by atoms with Crippen LogP contribution in [0, 0.1) is 0 Å². The lowest BCUT2D eigenvalue weighted by Gasteiger charge is -2.09. The van der Waals surface area contributed by atoms with Crippen LogP contribution in [0.15, 0.2) is 0 Å². The molecule has 0 aromatic rings. The summed E-state index contributed by atoms with van der Waals surface area (Å²) in [5.41, 5.74) is 0. The van der Waals surface area contributed by atoms with Gasteiger partial charge in [-0.05, 0) is 6.66 Å². The third-order valence-corrected chi connectivity index (χ3v) is 3.35. The summed E-state index contributed by atoms with van der Waals surface area (Å²) in [6.07, 6.45) is 0. The molecule has 0 aliphatic carbocycles. The van der Waals surface area contributed by atoms with Crippen molar-refractivity contribution in [3.05, 3.63) is 0 Å². The minimum atomic E-state index is -3.57. The van der Waals surface area contributed by atoms with E-state index in [0.717, 1.165) is 6.66 Å². The van der Waals surface area contributed by atoms with E-state index in [1.807, 2.05) is 0 Å². The molecule has 8 heavy (non-hydrogen) atoms. The fraction of sp³-hybridized carbons (Fsp3) is 1.00. The smallest absolute Gasteiger partial charge is 0.315 e. The Morgan fingerprint density at radius 2 is 2.12 bits per heavy atom. The van der Waals surface area contributed by atoms with E-state index >= 15 is 0 Å². The van der Waals surface area contributed by atoms with Crippen molar-refractivity contribution < 1.29 is 18.9 Å². The van der Waals surface area contributed by atoms with Crippen molar-refractivity contribution in [2.45, 2.75) is 0 Å². The van der Waals surface area contributed by atoms with Gasteiger partial charge in [0.05, 0.1) is 7.37 Å². The third kappa shape index (κ3) is 6.25. The van der Waals surface area contributed by atoms with Gasteiger partial charge in [0.1, 0.15) is 0 Å². The second-order valence-corrected chi connectivity index (χ2v) is 5.31. The van der Waals surface area contributed by atoms with Gasteiger partial charge in [-0.25, -0.2) is 0 Å². The summed E-state index contributed by atoms with van der Waals surface area (Å²) in [4.78, 5) is 19.8. The summed E-state index contributed by atoms with van der Waals surface area (Å²) in [6.45, 7) is 0.901. The van der Waals surface area contributed by atoms with Gasteiger partial charge in [0.25, 0.3) is 0 Å². The van der Waals surface area contributed by atoms with Crippen LogP contribution in [0.1, 0.15) is 0 Å². The van der Waals surface area contributed by atoms with E-state index in [2.05, 4.69) is 0 Å². The highest BCUT2D eigenvalue weighted by molar-refractivity contribution is 7.66. The van der Waals surface area contributed by atoms with Gasteiger partial charge in [0.15, 0.2) is 5.90 Å². The van der Waals surface area contributed by atoms with E-state index in [1.165, 1.54) is 0 Å². The second-order valence-electron chi connectivity index (χ2n) is 1.49. The predicted octanol–water partition coefficient (Wildman–Crippen LogP) is -0.685. The molecule has 4 nitrogen and oxygen atoms in total. The maximum atomic E-state index is 10.1. The third-order valence-electron chi connectivity index (χ3n) is 0.372. The molecule has 0 amide bonds. The van der Waals surface area contributed by atoms with E-state index in [0.29, 0.717) is 0 Å². The first kappa shape index (κ1) is 8.25. The van der Waals surface area contributed by atoms with Gasteiger partial charge in [-0.1, -0.05) is 4.57 Å². The molecule has 0 N–H and O–H groups in total. The van der Waals surface area contributed by atoms with E-state index in [1.54, 1.807) is 0 Å². The molecular weight excluding hydrogens is 150 g/mol. The van der Waals surface area contributed by atoms with Crippen LogP contribution < -0.4 is 9.79 Å². The van der Waals surface area contributed by atoms with Crippen molar-refractivity contribution in [3.8, 4) is 0 Å². The largest absolute Gasteiger partial charge is 0.797 e. The molecule has 0 fully saturated rings. The van der Waals surface area contributed by atoms with Gasteiger partial charge < -0.3 is 14.4 Å². The van der Waals surface area contributed by atoms with Gasteiger partial charge in [0.2, 0.25) is 0 Å². The minimum Gasteiger partial charge on any atom is -0.797 e. The molecule has 0 aromatic carbocycles. The zero-order chi connectivity index (χ0) is 6.78. The highest BCUT2D eigenvalue weighted by atomic mass is 31.2. The second kappa shape index (κ2) is 2.70. The van der Waals surface area contributed by atoms with Gasteiger partial charge in [-0.15, -0.1) is 0 Å². The summed E-state index contributed by atoms with van der Waals surface area (Å²) in [6, 6.07) is 0. The number of hydrogen-bond acceptors (Lipinski definition) is 4. The zero-order valence-corrected chi connectivity index (χ0v) is 6.02. The van der Waals surface area contributed by atoms with Crippen LogP contribution in [0.25, 0.3) is 0 Å². The van der Waals surface area contributed by atoms with E-state index in [-0.39, 0.29) is 0 Å². The molecule has 0 rings (SSSR count). The van der Waals surface area contributed by atoms with Crippen LogP contribution in [-0.2, 0) is 9.13 Å². The monoisotopic (exact) mass is 155 g/mol. The normalized spacial score (nSPS) is 19.6. The Morgan fingerprint density at radius 1 is 1.75 bits per heavy atom. The summed E-state index contributed by atoms with van der Waals surface area (Å²) in [5.74, 6) is -0.720. The molecule has 0 saturated heterocycles. The Balaban J connectivity index is 3.74. The molecule has 0 aliphatic rings. The Morgan fingerprint density at radius 3 is 2.12 bits per heavy atom. The van der Waals surface area contributed by atoms with Crippen LogP contribution in [0.5, 0.6) is 0 Å². The predicted molar refractivity (Wildman–Crippen MR) is 26.0 cm³/mol. The summed E-state index contributed by atoms with van der Waals surface area (Å²) < 4.78 is 19.8. The van der Waals surface area contributed by atoms with Crippen molar-refractivity contribution in [1.29, 1.82) is 0 Å². The standard InChI is InChI=1S/C2H6O4P2/c1-8(5,6)2-7(3)4/h2H2,1H3,(H,5,6)/p-1. The van der Waals surface area contributed by atoms with Crippen molar-refractivity contribution in [2.24, 2.45) is 0 Å². The molecule has 2 unspecified atom stereocenters. The lowest BCUT2D eigenvalue weighted by molar-refractivity contribution is -0.176. The molecule has 2 atom stereocenters. The molecule has 0 heterocycles. The molecule has 0 saturated carbocycles. The number of hydrogen-bond donors (Lipinski definition) is 0. The Labute approximate surface area is 47.9 Å². The van der Waals surface area contributed by atoms with Crippen molar-refractivity contribution in [3.63, 3.8) is 0 Å². The highest BCUT2D eigenvalue weighted by Gasteiger charge is 2.08. The summed E-state index contributed by atoms with van der Waals surface area (Å²) in [7, 11) is -6.33. The van der Waals surface area contributed by atoms with Crippen molar-refractivity contribution in [2.75, 3.05) is 12.6 Å². The first-order valence-corrected chi connectivity index (χ1v) is 5.43. The Kier molecular flexibility index (Phi) is 2.78. The van der Waals surface area contributed by atoms with Gasteiger partial charge in [-0.3, -0.25) is 0 Å². The molecule has 48 valence electrons. The van der Waals surface area contributed by atoms with Gasteiger partial charge >= 0.3 is 8.03 Å². The van der Waals surface area contributed by atoms with Crippen LogP contribution in [0.4, 0.5) is 0 Å². The highest BCUT2D eigenvalue weighted by Crippen LogP contribution is 2.37. The van der Waals surface area contributed by atoms with Crippen LogP contribution in [0.3, 0.4) is 0 Å². The summed E-state index contributed by atoms with van der Waals surface area (Å²) >= 11 is 0. The first-order valence-electron chi connectivity index (χ1n) is 1.81. The van der Waals surface area contributed by atoms with E-state index in [9.17, 15) is 18.9 Å². The maximum absolute atomic E-state index is 10.1. The Hall–Kier alpha value is 0.250. The zero-order valence-electron chi connectivity index (χ0n) is 4.23. The Bertz CT molecular complexity index is 135. The van der Waals surface area contributed by atoms with Crippen LogP contribution in [0.2, 0.25) is 0 Å². The quantitative estimate of drug-likeness (QED) is 0.494. The fourth-order valence-corrected chi connectivity index (χ4v) is 1.89. The molecule has 0 aromatic heterocycles. The molecule has 0 aliphatic heterocycles. The average Bonchev–Trinajstić information content (AvgIpc) is 1.21. The van der Waals surface area contributed by atoms with Crippen LogP contribution >= 0.6 is 15.4 Å². The van der Waals surface area contributed by atoms with Crippen LogP contribution in [-0.4, -0.2) is 12.6 Å². The van der Waals surface area contributed by atoms with E-state index < -0.39 is 21.3 Å². The van der Waals surface area contributed by atoms with Gasteiger partial charge in [-0.2, -0.15) is 0 Å². The maximum Gasteiger partial charge on any atom is 0.315 e. The van der Waals surface area contributed by atoms with Crippen molar-refractivity contribution >= 4 is 15.4 Å². The minimum absolute atomic E-state index is 0.720. The fourth-order valence-electron chi connectivity index (χ4n) is 0.210. The molecule has 6 heteroatoms. The van der Waals surface area contributed by atoms with Gasteiger partial charge in [0, 0.05) is 0 Å². The topological polar surface area (TPSA) is 80.3 Å². The lowest BCUT2D eigenvalue weighted by atomic mass is 11.9. The molecular formula is C2H5O4P2-. The molecule has 0 radical (unpaired) electrons. The average molecular weight is 155 g/mol. The number of rotatable bonds is 2. The van der Waals surface area contributed by atoms with Crippen molar-refractivity contribution in [1.82, 2.24) is 0 Å². The molecule has 0 bridgehead atoms. The summed E-state index contributed by atoms with van der Waals surface area (Å²) in [5, 5.41) is 0. The van der Waals surface area contributed by atoms with E-state index in [4.69, 9.17) is 0 Å². The lowest BCUT2D eigenvalue weighted by Crippen LogP contribution is -2.03. The SMILES string of the molecule is CP(=O)([O-])C[P+](=O)[O-].